The fourth-order valence-electron chi connectivity index (χ4n) is 4.18. The van der Waals surface area contributed by atoms with Crippen molar-refractivity contribution in [3.8, 4) is 0 Å². The van der Waals surface area contributed by atoms with E-state index in [4.69, 9.17) is 11.6 Å². The molecule has 1 heterocycles. The molecule has 0 saturated heterocycles. The molecule has 3 aromatic rings. The second-order valence-corrected chi connectivity index (χ2v) is 10.8. The van der Waals surface area contributed by atoms with Crippen molar-refractivity contribution < 1.29 is 9.59 Å². The van der Waals surface area contributed by atoms with Gasteiger partial charge in [-0.15, -0.1) is 11.3 Å². The van der Waals surface area contributed by atoms with Crippen molar-refractivity contribution in [2.24, 2.45) is 11.3 Å². The maximum Gasteiger partial charge on any atom is 0.258 e. The Balaban J connectivity index is 1.70. The highest BCUT2D eigenvalue weighted by Gasteiger charge is 2.34. The van der Waals surface area contributed by atoms with E-state index < -0.39 is 0 Å². The largest absolute Gasteiger partial charge is 0.322 e. The summed E-state index contributed by atoms with van der Waals surface area (Å²) in [6.45, 7) is 6.79. The van der Waals surface area contributed by atoms with E-state index in [1.165, 1.54) is 16.2 Å². The van der Waals surface area contributed by atoms with Gasteiger partial charge in [-0.05, 0) is 60.4 Å². The quantitative estimate of drug-likeness (QED) is 0.432. The molecule has 0 aliphatic heterocycles. The second kappa shape index (κ2) is 9.08. The molecule has 6 heteroatoms. The lowest BCUT2D eigenvalue weighted by molar-refractivity contribution is 0.102. The smallest absolute Gasteiger partial charge is 0.258 e. The maximum absolute atomic E-state index is 13.3. The first kappa shape index (κ1) is 22.6. The van der Waals surface area contributed by atoms with Crippen LogP contribution in [0.5, 0.6) is 0 Å². The minimum absolute atomic E-state index is 0.190. The van der Waals surface area contributed by atoms with Gasteiger partial charge in [0.1, 0.15) is 5.00 Å². The molecule has 0 spiro atoms. The first-order chi connectivity index (χ1) is 15.2. The number of hydrogen-bond donors (Lipinski definition) is 2. The lowest BCUT2D eigenvalue weighted by Gasteiger charge is -2.33. The first-order valence-corrected chi connectivity index (χ1v) is 12.0. The molecule has 2 aromatic carbocycles. The summed E-state index contributed by atoms with van der Waals surface area (Å²) in [6, 6.07) is 16.3. The third kappa shape index (κ3) is 4.74. The molecule has 2 N–H and O–H groups in total. The fraction of sp³-hybridized carbons (Fsp3) is 0.308. The van der Waals surface area contributed by atoms with Crippen LogP contribution in [0.15, 0.2) is 54.6 Å². The van der Waals surface area contributed by atoms with Gasteiger partial charge in [0, 0.05) is 10.6 Å². The summed E-state index contributed by atoms with van der Waals surface area (Å²) in [5, 5.41) is 6.94. The van der Waals surface area contributed by atoms with Gasteiger partial charge in [0.2, 0.25) is 0 Å². The molecule has 1 aliphatic carbocycles. The van der Waals surface area contributed by atoms with E-state index in [-0.39, 0.29) is 17.2 Å². The predicted octanol–water partition coefficient (Wildman–Crippen LogP) is 7.06. The van der Waals surface area contributed by atoms with Gasteiger partial charge in [0.25, 0.3) is 11.8 Å². The van der Waals surface area contributed by atoms with Crippen molar-refractivity contribution in [1.29, 1.82) is 0 Å². The maximum atomic E-state index is 13.3. The van der Waals surface area contributed by atoms with Crippen molar-refractivity contribution in [2.75, 3.05) is 10.6 Å². The van der Waals surface area contributed by atoms with Gasteiger partial charge in [-0.2, -0.15) is 0 Å². The number of thiophene rings is 1. The van der Waals surface area contributed by atoms with Gasteiger partial charge in [0.05, 0.1) is 16.1 Å². The number of rotatable bonds is 4. The van der Waals surface area contributed by atoms with Gasteiger partial charge in [-0.25, -0.2) is 0 Å². The summed E-state index contributed by atoms with van der Waals surface area (Å²) in [4.78, 5) is 27.5. The Labute approximate surface area is 198 Å². The number of benzene rings is 2. The number of para-hydroxylation sites is 1. The monoisotopic (exact) mass is 466 g/mol. The Morgan fingerprint density at radius 2 is 1.66 bits per heavy atom. The van der Waals surface area contributed by atoms with E-state index in [0.717, 1.165) is 30.5 Å². The van der Waals surface area contributed by atoms with Crippen LogP contribution in [0, 0.1) is 11.3 Å². The molecule has 4 rings (SSSR count). The van der Waals surface area contributed by atoms with Crippen LogP contribution in [-0.4, -0.2) is 11.8 Å². The molecule has 1 aliphatic rings. The SMILES string of the molecule is CC(C)(C)C1CCc2c(sc(NC(=O)c3ccccc3Cl)c2C(=O)Nc2ccccc2)C1. The summed E-state index contributed by atoms with van der Waals surface area (Å²) in [6.07, 6.45) is 2.76. The van der Waals surface area contributed by atoms with Gasteiger partial charge in [0.15, 0.2) is 0 Å². The molecule has 0 saturated carbocycles. The topological polar surface area (TPSA) is 58.2 Å². The van der Waals surface area contributed by atoms with Crippen LogP contribution in [0.2, 0.25) is 5.02 Å². The van der Waals surface area contributed by atoms with Crippen molar-refractivity contribution in [1.82, 2.24) is 0 Å². The lowest BCUT2D eigenvalue weighted by Crippen LogP contribution is -2.27. The number of fused-ring (bicyclic) bond motifs is 1. The van der Waals surface area contributed by atoms with E-state index in [2.05, 4.69) is 31.4 Å². The minimum atomic E-state index is -0.310. The second-order valence-electron chi connectivity index (χ2n) is 9.27. The van der Waals surface area contributed by atoms with Crippen molar-refractivity contribution in [3.05, 3.63) is 81.2 Å². The van der Waals surface area contributed by atoms with Crippen LogP contribution < -0.4 is 10.6 Å². The zero-order valence-electron chi connectivity index (χ0n) is 18.5. The molecule has 0 fully saturated rings. The van der Waals surface area contributed by atoms with Crippen LogP contribution >= 0.6 is 22.9 Å². The van der Waals surface area contributed by atoms with E-state index in [1.54, 1.807) is 24.3 Å². The number of amides is 2. The zero-order chi connectivity index (χ0) is 22.9. The van der Waals surface area contributed by atoms with Crippen molar-refractivity contribution in [2.45, 2.75) is 40.0 Å². The fourth-order valence-corrected chi connectivity index (χ4v) is 5.73. The standard InChI is InChI=1S/C26H27ClN2O2S/c1-26(2,3)16-13-14-19-21(15-16)32-25(29-23(30)18-11-7-8-12-20(18)27)22(19)24(31)28-17-9-5-4-6-10-17/h4-12,16H,13-15H2,1-3H3,(H,28,31)(H,29,30). The Morgan fingerprint density at radius 1 is 0.969 bits per heavy atom. The van der Waals surface area contributed by atoms with Crippen molar-refractivity contribution >= 4 is 45.4 Å². The molecule has 4 nitrogen and oxygen atoms in total. The highest BCUT2D eigenvalue weighted by molar-refractivity contribution is 7.17. The summed E-state index contributed by atoms with van der Waals surface area (Å²) < 4.78 is 0. The van der Waals surface area contributed by atoms with Gasteiger partial charge in [-0.3, -0.25) is 9.59 Å². The predicted molar refractivity (Wildman–Crippen MR) is 133 cm³/mol. The highest BCUT2D eigenvalue weighted by Crippen LogP contribution is 2.44. The number of carbonyl (C=O) groups is 2. The summed E-state index contributed by atoms with van der Waals surface area (Å²) in [5.74, 6) is 0.0264. The molecule has 32 heavy (non-hydrogen) atoms. The number of halogens is 1. The first-order valence-electron chi connectivity index (χ1n) is 10.8. The summed E-state index contributed by atoms with van der Waals surface area (Å²) in [7, 11) is 0. The number of carbonyl (C=O) groups excluding carboxylic acids is 2. The third-order valence-electron chi connectivity index (χ3n) is 6.09. The van der Waals surface area contributed by atoms with E-state index in [0.29, 0.717) is 27.1 Å². The molecule has 0 bridgehead atoms. The molecule has 1 unspecified atom stereocenters. The summed E-state index contributed by atoms with van der Waals surface area (Å²) >= 11 is 7.74. The molecular weight excluding hydrogens is 440 g/mol. The summed E-state index contributed by atoms with van der Waals surface area (Å²) in [5.41, 5.74) is 2.93. The average molecular weight is 467 g/mol. The molecule has 1 aromatic heterocycles. The van der Waals surface area contributed by atoms with Crippen LogP contribution in [-0.2, 0) is 12.8 Å². The van der Waals surface area contributed by atoms with E-state index in [9.17, 15) is 9.59 Å². The third-order valence-corrected chi connectivity index (χ3v) is 7.59. The Hall–Kier alpha value is -2.63. The van der Waals surface area contributed by atoms with E-state index in [1.807, 2.05) is 30.3 Å². The molecule has 2 amide bonds. The minimum Gasteiger partial charge on any atom is -0.322 e. The van der Waals surface area contributed by atoms with Gasteiger partial charge in [-0.1, -0.05) is 62.7 Å². The van der Waals surface area contributed by atoms with Gasteiger partial charge < -0.3 is 10.6 Å². The molecule has 166 valence electrons. The Morgan fingerprint density at radius 3 is 2.34 bits per heavy atom. The highest BCUT2D eigenvalue weighted by atomic mass is 35.5. The van der Waals surface area contributed by atoms with Gasteiger partial charge >= 0.3 is 0 Å². The number of nitrogens with one attached hydrogen (secondary N) is 2. The molecular formula is C26H27ClN2O2S. The van der Waals surface area contributed by atoms with Crippen molar-refractivity contribution in [3.63, 3.8) is 0 Å². The van der Waals surface area contributed by atoms with Crippen LogP contribution in [0.3, 0.4) is 0 Å². The van der Waals surface area contributed by atoms with Crippen LogP contribution in [0.25, 0.3) is 0 Å². The normalized spacial score (nSPS) is 15.7. The molecule has 1 atom stereocenters. The lowest BCUT2D eigenvalue weighted by atomic mass is 9.72. The zero-order valence-corrected chi connectivity index (χ0v) is 20.1. The molecule has 0 radical (unpaired) electrons. The number of anilines is 2. The van der Waals surface area contributed by atoms with Crippen LogP contribution in [0.1, 0.15) is 58.3 Å². The van der Waals surface area contributed by atoms with Crippen LogP contribution in [0.4, 0.5) is 10.7 Å². The average Bonchev–Trinajstić information content (AvgIpc) is 3.11. The Bertz CT molecular complexity index is 1150. The number of hydrogen-bond acceptors (Lipinski definition) is 3. The van der Waals surface area contributed by atoms with E-state index >= 15 is 0 Å². The Kier molecular flexibility index (Phi) is 6.40.